The molecule has 0 unspecified atom stereocenters. The summed E-state index contributed by atoms with van der Waals surface area (Å²) in [5.74, 6) is 0.425. The van der Waals surface area contributed by atoms with E-state index < -0.39 is 4.92 Å². The summed E-state index contributed by atoms with van der Waals surface area (Å²) in [6.07, 6.45) is 0. The van der Waals surface area contributed by atoms with Gasteiger partial charge in [-0.25, -0.2) is 15.4 Å². The number of anilines is 1. The van der Waals surface area contributed by atoms with E-state index in [1.165, 1.54) is 12.1 Å². The molecular weight excluding hydrogens is 270 g/mol. The van der Waals surface area contributed by atoms with Crippen LogP contribution in [0, 0.1) is 24.0 Å². The van der Waals surface area contributed by atoms with Crippen LogP contribution in [-0.4, -0.2) is 20.6 Å². The van der Waals surface area contributed by atoms with E-state index in [4.69, 9.17) is 0 Å². The molecular formula is C14H15N5O2. The van der Waals surface area contributed by atoms with Gasteiger partial charge in [0.1, 0.15) is 0 Å². The third kappa shape index (κ3) is 3.82. The fraction of sp³-hybridized carbons (Fsp3) is 0.214. The second-order valence-electron chi connectivity index (χ2n) is 4.59. The maximum atomic E-state index is 10.6. The number of non-ortho nitro benzene ring substituents is 1. The highest BCUT2D eigenvalue weighted by atomic mass is 16.6. The molecule has 0 amide bonds. The third-order valence-corrected chi connectivity index (χ3v) is 2.80. The molecule has 108 valence electrons. The van der Waals surface area contributed by atoms with Crippen molar-refractivity contribution in [3.8, 4) is 0 Å². The number of nitro groups is 1. The SMILES string of the molecule is C/C(=N/Nc1nc(C)cc(C)n1)c1ccc([N+](=O)[O-])cc1. The zero-order valence-electron chi connectivity index (χ0n) is 12.0. The van der Waals surface area contributed by atoms with Crippen molar-refractivity contribution in [3.05, 3.63) is 57.4 Å². The first-order chi connectivity index (χ1) is 9.95. The molecule has 0 fully saturated rings. The average molecular weight is 285 g/mol. The van der Waals surface area contributed by atoms with Gasteiger partial charge in [0.25, 0.3) is 5.69 Å². The summed E-state index contributed by atoms with van der Waals surface area (Å²) in [5.41, 5.74) is 6.03. The van der Waals surface area contributed by atoms with E-state index in [0.717, 1.165) is 17.0 Å². The number of nitrogens with zero attached hydrogens (tertiary/aromatic N) is 4. The predicted octanol–water partition coefficient (Wildman–Crippen LogP) is 2.84. The number of benzene rings is 1. The molecule has 0 atom stereocenters. The Bertz CT molecular complexity index is 675. The zero-order chi connectivity index (χ0) is 15.4. The summed E-state index contributed by atoms with van der Waals surface area (Å²) in [4.78, 5) is 18.6. The Labute approximate surface area is 121 Å². The lowest BCUT2D eigenvalue weighted by atomic mass is 10.1. The Balaban J connectivity index is 2.15. The monoisotopic (exact) mass is 285 g/mol. The third-order valence-electron chi connectivity index (χ3n) is 2.80. The Kier molecular flexibility index (Phi) is 4.22. The maximum Gasteiger partial charge on any atom is 0.269 e. The molecule has 0 bridgehead atoms. The minimum atomic E-state index is -0.433. The molecule has 0 saturated carbocycles. The number of hydrazone groups is 1. The molecule has 2 aromatic rings. The van der Waals surface area contributed by atoms with Crippen molar-refractivity contribution in [2.45, 2.75) is 20.8 Å². The first-order valence-corrected chi connectivity index (χ1v) is 6.33. The predicted molar refractivity (Wildman–Crippen MR) is 80.4 cm³/mol. The second kappa shape index (κ2) is 6.08. The van der Waals surface area contributed by atoms with Crippen molar-refractivity contribution in [1.29, 1.82) is 0 Å². The molecule has 1 heterocycles. The lowest BCUT2D eigenvalue weighted by molar-refractivity contribution is -0.384. The van der Waals surface area contributed by atoms with Crippen molar-refractivity contribution in [3.63, 3.8) is 0 Å². The molecule has 0 saturated heterocycles. The average Bonchev–Trinajstić information content (AvgIpc) is 2.44. The van der Waals surface area contributed by atoms with Gasteiger partial charge in [0.05, 0.1) is 10.6 Å². The number of hydrogen-bond donors (Lipinski definition) is 1. The lowest BCUT2D eigenvalue weighted by Crippen LogP contribution is -2.04. The van der Waals surface area contributed by atoms with E-state index in [1.54, 1.807) is 19.1 Å². The molecule has 21 heavy (non-hydrogen) atoms. The van der Waals surface area contributed by atoms with Crippen molar-refractivity contribution >= 4 is 17.3 Å². The molecule has 0 aliphatic carbocycles. The van der Waals surface area contributed by atoms with Crippen LogP contribution in [0.2, 0.25) is 0 Å². The first kappa shape index (κ1) is 14.6. The van der Waals surface area contributed by atoms with Crippen LogP contribution in [0.1, 0.15) is 23.9 Å². The van der Waals surface area contributed by atoms with Crippen molar-refractivity contribution in [1.82, 2.24) is 9.97 Å². The zero-order valence-corrected chi connectivity index (χ0v) is 12.0. The summed E-state index contributed by atoms with van der Waals surface area (Å²) in [6, 6.07) is 8.07. The topological polar surface area (TPSA) is 93.3 Å². The molecule has 7 nitrogen and oxygen atoms in total. The Morgan fingerprint density at radius 3 is 2.29 bits per heavy atom. The van der Waals surface area contributed by atoms with Crippen LogP contribution in [0.3, 0.4) is 0 Å². The maximum absolute atomic E-state index is 10.6. The minimum absolute atomic E-state index is 0.0529. The molecule has 0 radical (unpaired) electrons. The van der Waals surface area contributed by atoms with Crippen molar-refractivity contribution in [2.75, 3.05) is 5.43 Å². The number of rotatable bonds is 4. The van der Waals surface area contributed by atoms with Crippen LogP contribution >= 0.6 is 0 Å². The molecule has 1 aromatic carbocycles. The molecule has 7 heteroatoms. The van der Waals surface area contributed by atoms with Gasteiger partial charge in [-0.15, -0.1) is 0 Å². The quantitative estimate of drug-likeness (QED) is 0.529. The number of nitrogens with one attached hydrogen (secondary N) is 1. The van der Waals surface area contributed by atoms with Gasteiger partial charge >= 0.3 is 0 Å². The highest BCUT2D eigenvalue weighted by Crippen LogP contribution is 2.13. The standard InChI is InChI=1S/C14H15N5O2/c1-9-8-10(2)16-14(15-9)18-17-11(3)12-4-6-13(7-5-12)19(20)21/h4-8H,1-3H3,(H,15,16,18)/b17-11-. The van der Waals surface area contributed by atoms with Crippen LogP contribution in [0.25, 0.3) is 0 Å². The number of nitro benzene ring substituents is 1. The number of hydrogen-bond acceptors (Lipinski definition) is 6. The van der Waals surface area contributed by atoms with Crippen LogP contribution < -0.4 is 5.43 Å². The van der Waals surface area contributed by atoms with Gasteiger partial charge in [-0.1, -0.05) is 0 Å². The van der Waals surface area contributed by atoms with Crippen LogP contribution in [-0.2, 0) is 0 Å². The smallest absolute Gasteiger partial charge is 0.258 e. The summed E-state index contributed by atoms with van der Waals surface area (Å²) in [5, 5.41) is 14.8. The number of aromatic nitrogens is 2. The molecule has 0 aliphatic heterocycles. The summed E-state index contributed by atoms with van der Waals surface area (Å²) in [6.45, 7) is 5.57. The van der Waals surface area contributed by atoms with Gasteiger partial charge in [0, 0.05) is 23.5 Å². The summed E-state index contributed by atoms with van der Waals surface area (Å²) >= 11 is 0. The largest absolute Gasteiger partial charge is 0.269 e. The van der Waals surface area contributed by atoms with Gasteiger partial charge < -0.3 is 0 Å². The second-order valence-corrected chi connectivity index (χ2v) is 4.59. The van der Waals surface area contributed by atoms with E-state index in [2.05, 4.69) is 20.5 Å². The molecule has 0 aliphatic rings. The van der Waals surface area contributed by atoms with E-state index in [0.29, 0.717) is 11.7 Å². The van der Waals surface area contributed by atoms with E-state index in [9.17, 15) is 10.1 Å². The van der Waals surface area contributed by atoms with Gasteiger partial charge in [-0.05, 0) is 44.5 Å². The summed E-state index contributed by atoms with van der Waals surface area (Å²) < 4.78 is 0. The van der Waals surface area contributed by atoms with Gasteiger partial charge in [0.15, 0.2) is 0 Å². The summed E-state index contributed by atoms with van der Waals surface area (Å²) in [7, 11) is 0. The van der Waals surface area contributed by atoms with Gasteiger partial charge in [-0.3, -0.25) is 10.1 Å². The fourth-order valence-corrected chi connectivity index (χ4v) is 1.80. The normalized spacial score (nSPS) is 11.3. The molecule has 1 N–H and O–H groups in total. The molecule has 1 aromatic heterocycles. The Morgan fingerprint density at radius 1 is 1.19 bits per heavy atom. The first-order valence-electron chi connectivity index (χ1n) is 6.33. The fourth-order valence-electron chi connectivity index (χ4n) is 1.80. The van der Waals surface area contributed by atoms with Crippen LogP contribution in [0.15, 0.2) is 35.4 Å². The molecule has 2 rings (SSSR count). The Morgan fingerprint density at radius 2 is 1.76 bits per heavy atom. The van der Waals surface area contributed by atoms with Crippen LogP contribution in [0.5, 0.6) is 0 Å². The minimum Gasteiger partial charge on any atom is -0.258 e. The lowest BCUT2D eigenvalue weighted by Gasteiger charge is -2.04. The number of aryl methyl sites for hydroxylation is 2. The van der Waals surface area contributed by atoms with Crippen molar-refractivity contribution < 1.29 is 4.92 Å². The van der Waals surface area contributed by atoms with E-state index >= 15 is 0 Å². The van der Waals surface area contributed by atoms with Gasteiger partial charge in [-0.2, -0.15) is 5.10 Å². The molecule has 0 spiro atoms. The highest BCUT2D eigenvalue weighted by Gasteiger charge is 2.05. The van der Waals surface area contributed by atoms with Crippen molar-refractivity contribution in [2.24, 2.45) is 5.10 Å². The highest BCUT2D eigenvalue weighted by molar-refractivity contribution is 5.99. The van der Waals surface area contributed by atoms with Gasteiger partial charge in [0.2, 0.25) is 5.95 Å². The van der Waals surface area contributed by atoms with Crippen LogP contribution in [0.4, 0.5) is 11.6 Å². The van der Waals surface area contributed by atoms with E-state index in [1.807, 2.05) is 19.9 Å². The van der Waals surface area contributed by atoms with E-state index in [-0.39, 0.29) is 5.69 Å². The Hall–Kier alpha value is -2.83.